The quantitative estimate of drug-likeness (QED) is 0.570. The van der Waals surface area contributed by atoms with Gasteiger partial charge in [-0.25, -0.2) is 9.98 Å². The topological polar surface area (TPSA) is 65.4 Å². The van der Waals surface area contributed by atoms with Gasteiger partial charge in [0.1, 0.15) is 16.5 Å². The van der Waals surface area contributed by atoms with Crippen molar-refractivity contribution in [3.8, 4) is 17.2 Å². The first-order chi connectivity index (χ1) is 15.8. The van der Waals surface area contributed by atoms with Crippen molar-refractivity contribution >= 4 is 33.5 Å². The SMILES string of the molecule is COc1ccccc1N=C1Sc2nc3cc4c(cc3cc2CN1C[C@@H]1CCCO1)OCO4. The van der Waals surface area contributed by atoms with Gasteiger partial charge in [-0.05, 0) is 48.9 Å². The first-order valence-electron chi connectivity index (χ1n) is 10.8. The fourth-order valence-corrected chi connectivity index (χ4v) is 5.30. The first-order valence-corrected chi connectivity index (χ1v) is 11.6. The van der Waals surface area contributed by atoms with E-state index >= 15 is 0 Å². The molecule has 1 aromatic heterocycles. The third-order valence-corrected chi connectivity index (χ3v) is 7.00. The molecule has 3 aromatic rings. The fraction of sp³-hybridized carbons (Fsp3) is 0.333. The number of para-hydroxylation sites is 2. The van der Waals surface area contributed by atoms with E-state index in [-0.39, 0.29) is 12.9 Å². The monoisotopic (exact) mass is 449 g/mol. The molecule has 0 bridgehead atoms. The molecule has 3 aliphatic rings. The zero-order chi connectivity index (χ0) is 21.5. The molecule has 1 fully saturated rings. The molecular formula is C24H23N3O4S. The van der Waals surface area contributed by atoms with Crippen molar-refractivity contribution in [2.24, 2.45) is 4.99 Å². The van der Waals surface area contributed by atoms with E-state index in [4.69, 9.17) is 28.9 Å². The molecule has 0 N–H and O–H groups in total. The Bertz CT molecular complexity index is 1210. The number of ether oxygens (including phenoxy) is 4. The lowest BCUT2D eigenvalue weighted by Gasteiger charge is -2.32. The second-order valence-corrected chi connectivity index (χ2v) is 8.99. The summed E-state index contributed by atoms with van der Waals surface area (Å²) in [6.07, 6.45) is 2.41. The Kier molecular flexibility index (Phi) is 5.04. The summed E-state index contributed by atoms with van der Waals surface area (Å²) >= 11 is 1.59. The number of rotatable bonds is 4. The number of hydrogen-bond acceptors (Lipinski definition) is 7. The van der Waals surface area contributed by atoms with Crippen LogP contribution < -0.4 is 14.2 Å². The van der Waals surface area contributed by atoms with Gasteiger partial charge in [-0.1, -0.05) is 12.1 Å². The third kappa shape index (κ3) is 3.63. The number of nitrogens with zero attached hydrogens (tertiary/aromatic N) is 3. The molecule has 8 heteroatoms. The molecule has 6 rings (SSSR count). The molecule has 7 nitrogen and oxygen atoms in total. The summed E-state index contributed by atoms with van der Waals surface area (Å²) in [6, 6.07) is 14.0. The van der Waals surface area contributed by atoms with Crippen LogP contribution >= 0.6 is 11.8 Å². The van der Waals surface area contributed by atoms with Gasteiger partial charge >= 0.3 is 0 Å². The van der Waals surface area contributed by atoms with E-state index in [1.807, 2.05) is 36.4 Å². The third-order valence-electron chi connectivity index (χ3n) is 5.92. The zero-order valence-corrected chi connectivity index (χ0v) is 18.6. The van der Waals surface area contributed by atoms with Crippen LogP contribution in [-0.2, 0) is 11.3 Å². The highest BCUT2D eigenvalue weighted by Gasteiger charge is 2.29. The Hall–Kier alpha value is -2.97. The van der Waals surface area contributed by atoms with Gasteiger partial charge in [0.25, 0.3) is 0 Å². The van der Waals surface area contributed by atoms with Crippen LogP contribution in [0.3, 0.4) is 0 Å². The standard InChI is InChI=1S/C24H23N3O4S/c1-28-20-7-3-2-6-18(20)26-24-27(13-17-5-4-8-29-17)12-16-9-15-10-21-22(31-14-30-21)11-19(15)25-23(16)32-24/h2-3,6-7,9-11,17H,4-5,8,12-14H2,1H3/t17-/m0/s1. The van der Waals surface area contributed by atoms with Crippen molar-refractivity contribution in [2.75, 3.05) is 27.1 Å². The number of aromatic nitrogens is 1. The summed E-state index contributed by atoms with van der Waals surface area (Å²) in [6.45, 7) is 2.62. The van der Waals surface area contributed by atoms with Crippen molar-refractivity contribution in [2.45, 2.75) is 30.5 Å². The zero-order valence-electron chi connectivity index (χ0n) is 17.7. The lowest BCUT2D eigenvalue weighted by Crippen LogP contribution is -2.37. The average Bonchev–Trinajstić information content (AvgIpc) is 3.48. The number of thioether (sulfide) groups is 1. The van der Waals surface area contributed by atoms with E-state index in [0.29, 0.717) is 0 Å². The van der Waals surface area contributed by atoms with Crippen LogP contribution in [0.5, 0.6) is 17.2 Å². The number of fused-ring (bicyclic) bond motifs is 3. The molecule has 2 aromatic carbocycles. The van der Waals surface area contributed by atoms with E-state index in [2.05, 4.69) is 11.0 Å². The van der Waals surface area contributed by atoms with Gasteiger partial charge in [0.15, 0.2) is 16.7 Å². The molecule has 0 amide bonds. The fourth-order valence-electron chi connectivity index (χ4n) is 4.31. The molecule has 0 radical (unpaired) electrons. The maximum atomic E-state index is 5.93. The summed E-state index contributed by atoms with van der Waals surface area (Å²) in [5.74, 6) is 2.27. The largest absolute Gasteiger partial charge is 0.494 e. The van der Waals surface area contributed by atoms with Gasteiger partial charge < -0.3 is 23.8 Å². The Balaban J connectivity index is 1.41. The predicted octanol–water partition coefficient (Wildman–Crippen LogP) is 4.75. The van der Waals surface area contributed by atoms with Crippen LogP contribution in [0.1, 0.15) is 18.4 Å². The normalized spacial score (nSPS) is 20.7. The van der Waals surface area contributed by atoms with E-state index in [1.165, 1.54) is 5.56 Å². The lowest BCUT2D eigenvalue weighted by atomic mass is 10.1. The Morgan fingerprint density at radius 1 is 1.19 bits per heavy atom. The molecule has 0 spiro atoms. The van der Waals surface area contributed by atoms with E-state index in [9.17, 15) is 0 Å². The summed E-state index contributed by atoms with van der Waals surface area (Å²) in [5.41, 5.74) is 2.88. The number of methoxy groups -OCH3 is 1. The Morgan fingerprint density at radius 3 is 2.91 bits per heavy atom. The van der Waals surface area contributed by atoms with Gasteiger partial charge in [-0.2, -0.15) is 0 Å². The highest BCUT2D eigenvalue weighted by atomic mass is 32.2. The van der Waals surface area contributed by atoms with Crippen molar-refractivity contribution in [1.82, 2.24) is 9.88 Å². The van der Waals surface area contributed by atoms with Gasteiger partial charge in [0, 0.05) is 36.7 Å². The molecular weight excluding hydrogens is 426 g/mol. The minimum Gasteiger partial charge on any atom is -0.494 e. The molecule has 0 aliphatic carbocycles. The van der Waals surface area contributed by atoms with Crippen molar-refractivity contribution in [1.29, 1.82) is 0 Å². The maximum Gasteiger partial charge on any atom is 0.231 e. The molecule has 32 heavy (non-hydrogen) atoms. The predicted molar refractivity (Wildman–Crippen MR) is 123 cm³/mol. The van der Waals surface area contributed by atoms with Crippen molar-refractivity contribution < 1.29 is 18.9 Å². The summed E-state index contributed by atoms with van der Waals surface area (Å²) in [5, 5.41) is 2.93. The second-order valence-electron chi connectivity index (χ2n) is 8.03. The van der Waals surface area contributed by atoms with Gasteiger partial charge in [0.2, 0.25) is 6.79 Å². The maximum absolute atomic E-state index is 5.93. The Morgan fingerprint density at radius 2 is 2.06 bits per heavy atom. The minimum atomic E-state index is 0.224. The molecule has 3 aliphatic heterocycles. The lowest BCUT2D eigenvalue weighted by molar-refractivity contribution is 0.0903. The minimum absolute atomic E-state index is 0.224. The molecule has 1 saturated heterocycles. The van der Waals surface area contributed by atoms with Crippen molar-refractivity contribution in [3.05, 3.63) is 48.0 Å². The summed E-state index contributed by atoms with van der Waals surface area (Å²) in [7, 11) is 1.67. The van der Waals surface area contributed by atoms with E-state index in [0.717, 1.165) is 76.6 Å². The molecule has 4 heterocycles. The van der Waals surface area contributed by atoms with E-state index < -0.39 is 0 Å². The van der Waals surface area contributed by atoms with Crippen LogP contribution in [-0.4, -0.2) is 48.2 Å². The van der Waals surface area contributed by atoms with E-state index in [1.54, 1.807) is 18.9 Å². The number of amidine groups is 1. The van der Waals surface area contributed by atoms with Crippen LogP contribution in [0.4, 0.5) is 5.69 Å². The smallest absolute Gasteiger partial charge is 0.231 e. The van der Waals surface area contributed by atoms with Crippen LogP contribution in [0, 0.1) is 0 Å². The van der Waals surface area contributed by atoms with Gasteiger partial charge in [0.05, 0.1) is 18.7 Å². The number of benzene rings is 2. The number of aliphatic imine (C=N–C) groups is 1. The highest BCUT2D eigenvalue weighted by molar-refractivity contribution is 8.13. The molecule has 0 saturated carbocycles. The van der Waals surface area contributed by atoms with Gasteiger partial charge in [-0.15, -0.1) is 0 Å². The summed E-state index contributed by atoms with van der Waals surface area (Å²) in [4.78, 5) is 12.2. The second kappa shape index (κ2) is 8.18. The van der Waals surface area contributed by atoms with Gasteiger partial charge in [-0.3, -0.25) is 0 Å². The molecule has 164 valence electrons. The summed E-state index contributed by atoms with van der Waals surface area (Å²) < 4.78 is 22.5. The number of pyridine rings is 1. The average molecular weight is 450 g/mol. The Labute approximate surface area is 190 Å². The highest BCUT2D eigenvalue weighted by Crippen LogP contribution is 2.40. The molecule has 1 atom stereocenters. The van der Waals surface area contributed by atoms with Crippen LogP contribution in [0.2, 0.25) is 0 Å². The van der Waals surface area contributed by atoms with Crippen LogP contribution in [0.15, 0.2) is 52.5 Å². The van der Waals surface area contributed by atoms with Crippen molar-refractivity contribution in [3.63, 3.8) is 0 Å². The number of hydrogen-bond donors (Lipinski definition) is 0. The van der Waals surface area contributed by atoms with Crippen LogP contribution in [0.25, 0.3) is 10.9 Å². The molecule has 0 unspecified atom stereocenters. The first kappa shape index (κ1) is 19.7.